The number of carbonyl (C=O) groups is 2. The van der Waals surface area contributed by atoms with Crippen LogP contribution in [0.4, 0.5) is 0 Å². The van der Waals surface area contributed by atoms with Crippen molar-refractivity contribution < 1.29 is 14.0 Å². The van der Waals surface area contributed by atoms with Crippen molar-refractivity contribution in [3.63, 3.8) is 0 Å². The number of aromatic amines is 1. The standard InChI is InChI=1S/C21H16N8O4/c30-19(24-9-12-1-2-17-14(5-12)28-21(32)33-17)15-6-16(29-18(27-15)3-4-26-29)20(31)25-10-13-7-22-11-23-8-13/h1-8,11H,9-10H2,(H,24,30)(H,25,31)(H,28,32). The van der Waals surface area contributed by atoms with E-state index in [2.05, 4.69) is 35.7 Å². The molecule has 0 aliphatic heterocycles. The van der Waals surface area contributed by atoms with Crippen LogP contribution >= 0.6 is 0 Å². The number of fused-ring (bicyclic) bond motifs is 2. The highest BCUT2D eigenvalue weighted by molar-refractivity contribution is 5.98. The number of nitrogens with zero attached hydrogens (tertiary/aromatic N) is 5. The van der Waals surface area contributed by atoms with Gasteiger partial charge in [0.1, 0.15) is 17.7 Å². The van der Waals surface area contributed by atoms with Crippen LogP contribution in [0.5, 0.6) is 0 Å². The summed E-state index contributed by atoms with van der Waals surface area (Å²) < 4.78 is 6.33. The topological polar surface area (TPSA) is 160 Å². The van der Waals surface area contributed by atoms with Crippen LogP contribution in [0, 0.1) is 0 Å². The molecule has 2 amide bonds. The summed E-state index contributed by atoms with van der Waals surface area (Å²) in [5.41, 5.74) is 3.02. The van der Waals surface area contributed by atoms with Crippen molar-refractivity contribution in [1.29, 1.82) is 0 Å². The van der Waals surface area contributed by atoms with E-state index in [0.717, 1.165) is 11.1 Å². The second-order valence-electron chi connectivity index (χ2n) is 7.08. The van der Waals surface area contributed by atoms with E-state index < -0.39 is 17.6 Å². The quantitative estimate of drug-likeness (QED) is 0.347. The summed E-state index contributed by atoms with van der Waals surface area (Å²) >= 11 is 0. The van der Waals surface area contributed by atoms with Crippen molar-refractivity contribution in [2.45, 2.75) is 13.1 Å². The highest BCUT2D eigenvalue weighted by atomic mass is 16.4. The fourth-order valence-electron chi connectivity index (χ4n) is 3.27. The Morgan fingerprint density at radius 1 is 1.00 bits per heavy atom. The maximum Gasteiger partial charge on any atom is 0.417 e. The lowest BCUT2D eigenvalue weighted by Crippen LogP contribution is -2.28. The van der Waals surface area contributed by atoms with Gasteiger partial charge in [0.25, 0.3) is 11.8 Å². The SMILES string of the molecule is O=C(NCc1ccc2oc(=O)[nH]c2c1)c1cc(C(=O)NCc2cncnc2)n2nccc2n1. The van der Waals surface area contributed by atoms with E-state index in [9.17, 15) is 14.4 Å². The number of hydrogen-bond acceptors (Lipinski definition) is 8. The molecule has 0 unspecified atom stereocenters. The van der Waals surface area contributed by atoms with Crippen LogP contribution in [0.2, 0.25) is 0 Å². The van der Waals surface area contributed by atoms with E-state index in [4.69, 9.17) is 4.42 Å². The van der Waals surface area contributed by atoms with Crippen molar-refractivity contribution in [2.24, 2.45) is 0 Å². The van der Waals surface area contributed by atoms with E-state index in [0.29, 0.717) is 16.7 Å². The summed E-state index contributed by atoms with van der Waals surface area (Å²) in [5.74, 6) is -1.45. The van der Waals surface area contributed by atoms with Gasteiger partial charge in [-0.15, -0.1) is 0 Å². The highest BCUT2D eigenvalue weighted by Crippen LogP contribution is 2.13. The zero-order valence-corrected chi connectivity index (χ0v) is 17.0. The second kappa shape index (κ2) is 8.34. The summed E-state index contributed by atoms with van der Waals surface area (Å²) in [6, 6.07) is 8.07. The molecule has 12 heteroatoms. The third-order valence-electron chi connectivity index (χ3n) is 4.83. The Morgan fingerprint density at radius 3 is 2.64 bits per heavy atom. The number of oxazole rings is 1. The first-order valence-electron chi connectivity index (χ1n) is 9.83. The van der Waals surface area contributed by atoms with Gasteiger partial charge in [0.05, 0.1) is 11.7 Å². The molecule has 33 heavy (non-hydrogen) atoms. The van der Waals surface area contributed by atoms with Crippen molar-refractivity contribution in [3.8, 4) is 0 Å². The summed E-state index contributed by atoms with van der Waals surface area (Å²) in [4.78, 5) is 51.6. The Hall–Kier alpha value is -4.87. The third-order valence-corrected chi connectivity index (χ3v) is 4.83. The number of benzene rings is 1. The molecule has 0 atom stereocenters. The predicted octanol–water partition coefficient (Wildman–Crippen LogP) is 0.814. The van der Waals surface area contributed by atoms with Crippen molar-refractivity contribution in [1.82, 2.24) is 40.2 Å². The van der Waals surface area contributed by atoms with Gasteiger partial charge in [0.15, 0.2) is 11.2 Å². The van der Waals surface area contributed by atoms with Crippen LogP contribution in [0.25, 0.3) is 16.7 Å². The molecule has 0 radical (unpaired) electrons. The number of carbonyl (C=O) groups excluding carboxylic acids is 2. The molecule has 0 spiro atoms. The van der Waals surface area contributed by atoms with Crippen LogP contribution < -0.4 is 16.4 Å². The number of aromatic nitrogens is 6. The smallest absolute Gasteiger partial charge is 0.408 e. The molecule has 4 aromatic heterocycles. The molecule has 1 aromatic carbocycles. The first-order chi connectivity index (χ1) is 16.1. The molecule has 164 valence electrons. The lowest BCUT2D eigenvalue weighted by molar-refractivity contribution is 0.0942. The van der Waals surface area contributed by atoms with Gasteiger partial charge in [0, 0.05) is 43.2 Å². The number of H-pyrrole nitrogens is 1. The zero-order valence-electron chi connectivity index (χ0n) is 17.0. The van der Waals surface area contributed by atoms with Crippen molar-refractivity contribution in [2.75, 3.05) is 0 Å². The van der Waals surface area contributed by atoms with Crippen LogP contribution in [0.1, 0.15) is 32.1 Å². The number of rotatable bonds is 6. The first kappa shape index (κ1) is 20.1. The minimum Gasteiger partial charge on any atom is -0.408 e. The predicted molar refractivity (Wildman–Crippen MR) is 114 cm³/mol. The summed E-state index contributed by atoms with van der Waals surface area (Å²) in [6.07, 6.45) is 6.09. The van der Waals surface area contributed by atoms with Gasteiger partial charge in [-0.05, 0) is 17.7 Å². The molecule has 0 bridgehead atoms. The molecule has 12 nitrogen and oxygen atoms in total. The van der Waals surface area contributed by atoms with E-state index in [1.165, 1.54) is 23.1 Å². The molecule has 0 fully saturated rings. The summed E-state index contributed by atoms with van der Waals surface area (Å²) in [5, 5.41) is 9.65. The van der Waals surface area contributed by atoms with Gasteiger partial charge in [-0.25, -0.2) is 24.3 Å². The fraction of sp³-hybridized carbons (Fsp3) is 0.0952. The molecule has 0 aliphatic carbocycles. The maximum absolute atomic E-state index is 12.8. The van der Waals surface area contributed by atoms with Gasteiger partial charge in [-0.2, -0.15) is 5.10 Å². The monoisotopic (exact) mass is 444 g/mol. The molecule has 5 rings (SSSR count). The van der Waals surface area contributed by atoms with Gasteiger partial charge < -0.3 is 15.1 Å². The van der Waals surface area contributed by atoms with Crippen molar-refractivity contribution >= 4 is 28.6 Å². The van der Waals surface area contributed by atoms with Gasteiger partial charge >= 0.3 is 5.76 Å². The van der Waals surface area contributed by atoms with Crippen LogP contribution in [-0.4, -0.2) is 41.4 Å². The van der Waals surface area contributed by atoms with Gasteiger partial charge in [-0.1, -0.05) is 6.07 Å². The molecular weight excluding hydrogens is 428 g/mol. The minimum absolute atomic E-state index is 0.0639. The van der Waals surface area contributed by atoms with Crippen molar-refractivity contribution in [3.05, 3.63) is 88.3 Å². The average molecular weight is 444 g/mol. The average Bonchev–Trinajstić information content (AvgIpc) is 3.46. The summed E-state index contributed by atoms with van der Waals surface area (Å²) in [7, 11) is 0. The molecule has 0 aliphatic rings. The normalized spacial score (nSPS) is 11.0. The Morgan fingerprint density at radius 2 is 1.79 bits per heavy atom. The Kier molecular flexibility index (Phi) is 5.07. The van der Waals surface area contributed by atoms with Gasteiger partial charge in [-0.3, -0.25) is 14.6 Å². The number of hydrogen-bond donors (Lipinski definition) is 3. The van der Waals surface area contributed by atoms with Gasteiger partial charge in [0.2, 0.25) is 0 Å². The van der Waals surface area contributed by atoms with Crippen LogP contribution in [-0.2, 0) is 13.1 Å². The van der Waals surface area contributed by atoms with E-state index >= 15 is 0 Å². The largest absolute Gasteiger partial charge is 0.417 e. The number of amides is 2. The molecule has 0 saturated heterocycles. The molecular formula is C21H16N8O4. The Labute approximate surface area is 184 Å². The molecule has 0 saturated carbocycles. The van der Waals surface area contributed by atoms with Crippen LogP contribution in [0.15, 0.2) is 64.5 Å². The Bertz CT molecular complexity index is 1540. The first-order valence-corrected chi connectivity index (χ1v) is 9.83. The van der Waals surface area contributed by atoms with E-state index in [1.807, 2.05) is 0 Å². The third kappa shape index (κ3) is 4.17. The lowest BCUT2D eigenvalue weighted by atomic mass is 10.2. The fourth-order valence-corrected chi connectivity index (χ4v) is 3.27. The Balaban J connectivity index is 1.34. The molecule has 5 aromatic rings. The van der Waals surface area contributed by atoms with E-state index in [1.54, 1.807) is 36.7 Å². The van der Waals surface area contributed by atoms with Crippen LogP contribution in [0.3, 0.4) is 0 Å². The summed E-state index contributed by atoms with van der Waals surface area (Å²) in [6.45, 7) is 0.397. The number of nitrogens with one attached hydrogen (secondary N) is 3. The lowest BCUT2D eigenvalue weighted by Gasteiger charge is -2.09. The molecule has 3 N–H and O–H groups in total. The van der Waals surface area contributed by atoms with E-state index in [-0.39, 0.29) is 24.5 Å². The zero-order chi connectivity index (χ0) is 22.8. The minimum atomic E-state index is -0.546. The maximum atomic E-state index is 12.8. The highest BCUT2D eigenvalue weighted by Gasteiger charge is 2.17. The second-order valence-corrected chi connectivity index (χ2v) is 7.08. The molecule has 4 heterocycles.